The van der Waals surface area contributed by atoms with Gasteiger partial charge in [0.2, 0.25) is 6.10 Å². The predicted molar refractivity (Wildman–Crippen MR) is 88.6 cm³/mol. The molecule has 0 spiro atoms. The monoisotopic (exact) mass is 311 g/mol. The number of methoxy groups -OCH3 is 1. The Balaban J connectivity index is 1.86. The molecule has 0 unspecified atom stereocenters. The van der Waals surface area contributed by atoms with Crippen molar-refractivity contribution >= 4 is 5.91 Å². The van der Waals surface area contributed by atoms with E-state index < -0.39 is 6.10 Å². The van der Waals surface area contributed by atoms with Crippen LogP contribution in [0.2, 0.25) is 0 Å². The van der Waals surface area contributed by atoms with Crippen molar-refractivity contribution < 1.29 is 14.3 Å². The number of amides is 1. The lowest BCUT2D eigenvalue weighted by atomic mass is 9.89. The Labute approximate surface area is 136 Å². The fourth-order valence-corrected chi connectivity index (χ4v) is 2.96. The maximum Gasteiger partial charge on any atom is 0.267 e. The molecule has 3 rings (SSSR count). The number of rotatable bonds is 5. The zero-order valence-electron chi connectivity index (χ0n) is 13.6. The van der Waals surface area contributed by atoms with E-state index in [1.165, 1.54) is 0 Å². The summed E-state index contributed by atoms with van der Waals surface area (Å²) in [5.74, 6) is 1.55. The van der Waals surface area contributed by atoms with Gasteiger partial charge in [-0.05, 0) is 43.7 Å². The van der Waals surface area contributed by atoms with E-state index >= 15 is 0 Å². The molecule has 1 amide bonds. The minimum atomic E-state index is -0.479. The van der Waals surface area contributed by atoms with Crippen LogP contribution in [0.4, 0.5) is 0 Å². The summed E-state index contributed by atoms with van der Waals surface area (Å²) in [7, 11) is 1.64. The zero-order chi connectivity index (χ0) is 16.4. The molecule has 0 saturated carbocycles. The average molecular weight is 311 g/mol. The molecule has 1 aliphatic rings. The first kappa shape index (κ1) is 15.4. The van der Waals surface area contributed by atoms with E-state index in [1.54, 1.807) is 7.11 Å². The first-order valence-corrected chi connectivity index (χ1v) is 7.79. The lowest BCUT2D eigenvalue weighted by molar-refractivity contribution is -0.167. The summed E-state index contributed by atoms with van der Waals surface area (Å²) in [4.78, 5) is 14.4. The smallest absolute Gasteiger partial charge is 0.267 e. The molecule has 1 fully saturated rings. The SMILES string of the molecule is COc1ccc([C@@H]2[C@H](Oc3ccccc3)C(=O)N2C(C)C)cc1. The maximum atomic E-state index is 12.5. The number of carbonyl (C=O) groups is 1. The molecule has 1 aliphatic heterocycles. The molecule has 120 valence electrons. The Morgan fingerprint density at radius 2 is 1.61 bits per heavy atom. The Hall–Kier alpha value is -2.49. The van der Waals surface area contributed by atoms with Gasteiger partial charge in [0, 0.05) is 6.04 Å². The van der Waals surface area contributed by atoms with Crippen molar-refractivity contribution in [2.45, 2.75) is 32.0 Å². The zero-order valence-corrected chi connectivity index (χ0v) is 13.6. The highest BCUT2D eigenvalue weighted by Gasteiger charge is 2.51. The van der Waals surface area contributed by atoms with Crippen LogP contribution >= 0.6 is 0 Å². The van der Waals surface area contributed by atoms with Crippen LogP contribution in [0.1, 0.15) is 25.5 Å². The largest absolute Gasteiger partial charge is 0.497 e. The van der Waals surface area contributed by atoms with E-state index in [9.17, 15) is 4.79 Å². The Kier molecular flexibility index (Phi) is 4.24. The van der Waals surface area contributed by atoms with Gasteiger partial charge in [-0.1, -0.05) is 30.3 Å². The molecule has 2 aromatic rings. The van der Waals surface area contributed by atoms with E-state index in [1.807, 2.05) is 73.3 Å². The summed E-state index contributed by atoms with van der Waals surface area (Å²) >= 11 is 0. The Morgan fingerprint density at radius 1 is 0.957 bits per heavy atom. The molecule has 4 heteroatoms. The Morgan fingerprint density at radius 3 is 2.17 bits per heavy atom. The third kappa shape index (κ3) is 2.89. The van der Waals surface area contributed by atoms with Crippen molar-refractivity contribution in [1.29, 1.82) is 0 Å². The number of para-hydroxylation sites is 1. The Bertz CT molecular complexity index is 667. The summed E-state index contributed by atoms with van der Waals surface area (Å²) < 4.78 is 11.2. The number of nitrogens with zero attached hydrogens (tertiary/aromatic N) is 1. The summed E-state index contributed by atoms with van der Waals surface area (Å²) in [5, 5.41) is 0. The predicted octanol–water partition coefficient (Wildman–Crippen LogP) is 3.43. The second-order valence-electron chi connectivity index (χ2n) is 5.91. The van der Waals surface area contributed by atoms with Crippen LogP contribution in [0.15, 0.2) is 54.6 Å². The van der Waals surface area contributed by atoms with Gasteiger partial charge in [-0.2, -0.15) is 0 Å². The minimum absolute atomic E-state index is 0.0321. The molecule has 23 heavy (non-hydrogen) atoms. The van der Waals surface area contributed by atoms with Crippen molar-refractivity contribution in [3.05, 3.63) is 60.2 Å². The average Bonchev–Trinajstić information content (AvgIpc) is 2.58. The van der Waals surface area contributed by atoms with Crippen molar-refractivity contribution in [2.75, 3.05) is 7.11 Å². The van der Waals surface area contributed by atoms with Crippen LogP contribution in [-0.4, -0.2) is 30.1 Å². The first-order chi connectivity index (χ1) is 11.1. The highest BCUT2D eigenvalue weighted by atomic mass is 16.5. The summed E-state index contributed by atoms with van der Waals surface area (Å²) in [6.07, 6.45) is -0.479. The molecule has 1 heterocycles. The fraction of sp³-hybridized carbons (Fsp3) is 0.316. The van der Waals surface area contributed by atoms with E-state index in [0.29, 0.717) is 5.75 Å². The number of benzene rings is 2. The van der Waals surface area contributed by atoms with E-state index in [0.717, 1.165) is 11.3 Å². The van der Waals surface area contributed by atoms with E-state index in [4.69, 9.17) is 9.47 Å². The molecule has 0 N–H and O–H groups in total. The molecule has 0 bridgehead atoms. The standard InChI is InChI=1S/C19H21NO3/c1-13(2)20-17(14-9-11-15(22-3)12-10-14)18(19(20)21)23-16-7-5-4-6-8-16/h4-13,17-18H,1-3H3/t17-,18+/m1/s1. The van der Waals surface area contributed by atoms with Crippen LogP contribution in [0.25, 0.3) is 0 Å². The third-order valence-corrected chi connectivity index (χ3v) is 4.10. The number of hydrogen-bond acceptors (Lipinski definition) is 3. The van der Waals surface area contributed by atoms with Gasteiger partial charge < -0.3 is 14.4 Å². The van der Waals surface area contributed by atoms with Crippen LogP contribution in [0.5, 0.6) is 11.5 Å². The highest BCUT2D eigenvalue weighted by molar-refractivity contribution is 5.89. The topological polar surface area (TPSA) is 38.8 Å². The summed E-state index contributed by atoms with van der Waals surface area (Å²) in [6, 6.07) is 17.3. The number of likely N-dealkylation sites (tertiary alicyclic amines) is 1. The number of carbonyl (C=O) groups excluding carboxylic acids is 1. The van der Waals surface area contributed by atoms with Crippen molar-refractivity contribution in [2.24, 2.45) is 0 Å². The van der Waals surface area contributed by atoms with Gasteiger partial charge in [-0.15, -0.1) is 0 Å². The van der Waals surface area contributed by atoms with Crippen LogP contribution in [-0.2, 0) is 4.79 Å². The van der Waals surface area contributed by atoms with Crippen LogP contribution in [0.3, 0.4) is 0 Å². The highest BCUT2D eigenvalue weighted by Crippen LogP contribution is 2.39. The first-order valence-electron chi connectivity index (χ1n) is 7.79. The third-order valence-electron chi connectivity index (χ3n) is 4.10. The molecule has 2 atom stereocenters. The second-order valence-corrected chi connectivity index (χ2v) is 5.91. The molecular weight excluding hydrogens is 290 g/mol. The van der Waals surface area contributed by atoms with Crippen LogP contribution < -0.4 is 9.47 Å². The molecule has 0 aromatic heterocycles. The van der Waals surface area contributed by atoms with Gasteiger partial charge in [-0.25, -0.2) is 0 Å². The normalized spacial score (nSPS) is 20.3. The van der Waals surface area contributed by atoms with Gasteiger partial charge in [0.25, 0.3) is 5.91 Å². The van der Waals surface area contributed by atoms with Crippen LogP contribution in [0, 0.1) is 0 Å². The van der Waals surface area contributed by atoms with Crippen molar-refractivity contribution in [3.63, 3.8) is 0 Å². The maximum absolute atomic E-state index is 12.5. The molecule has 2 aromatic carbocycles. The van der Waals surface area contributed by atoms with Gasteiger partial charge in [0.15, 0.2) is 0 Å². The minimum Gasteiger partial charge on any atom is -0.497 e. The van der Waals surface area contributed by atoms with Gasteiger partial charge in [0.1, 0.15) is 17.5 Å². The lowest BCUT2D eigenvalue weighted by Gasteiger charge is -2.49. The summed E-state index contributed by atoms with van der Waals surface area (Å²) in [6.45, 7) is 4.04. The molecular formula is C19H21NO3. The molecule has 0 aliphatic carbocycles. The quantitative estimate of drug-likeness (QED) is 0.794. The number of ether oxygens (including phenoxy) is 2. The van der Waals surface area contributed by atoms with Gasteiger partial charge in [0.05, 0.1) is 7.11 Å². The van der Waals surface area contributed by atoms with Gasteiger partial charge >= 0.3 is 0 Å². The number of β-lactam (4-membered cyclic amide) rings is 1. The fourth-order valence-electron chi connectivity index (χ4n) is 2.96. The van der Waals surface area contributed by atoms with Crippen molar-refractivity contribution in [3.8, 4) is 11.5 Å². The van der Waals surface area contributed by atoms with E-state index in [2.05, 4.69) is 0 Å². The molecule has 1 saturated heterocycles. The van der Waals surface area contributed by atoms with Gasteiger partial charge in [-0.3, -0.25) is 4.79 Å². The molecule has 4 nitrogen and oxygen atoms in total. The second kappa shape index (κ2) is 6.32. The molecule has 0 radical (unpaired) electrons. The lowest BCUT2D eigenvalue weighted by Crippen LogP contribution is -2.63. The van der Waals surface area contributed by atoms with E-state index in [-0.39, 0.29) is 18.0 Å². The summed E-state index contributed by atoms with van der Waals surface area (Å²) in [5.41, 5.74) is 1.06. The number of hydrogen-bond donors (Lipinski definition) is 0. The van der Waals surface area contributed by atoms with Crippen molar-refractivity contribution in [1.82, 2.24) is 4.90 Å².